The normalized spacial score (nSPS) is 25.9. The first kappa shape index (κ1) is 12.5. The third kappa shape index (κ3) is 2.74. The molecule has 0 aromatic carbocycles. The summed E-state index contributed by atoms with van der Waals surface area (Å²) in [6.45, 7) is 8.11. The van der Waals surface area contributed by atoms with Crippen LogP contribution in [0.15, 0.2) is 0 Å². The summed E-state index contributed by atoms with van der Waals surface area (Å²) in [6, 6.07) is 0. The molecule has 0 aliphatic carbocycles. The second-order valence-corrected chi connectivity index (χ2v) is 4.77. The van der Waals surface area contributed by atoms with E-state index in [0.29, 0.717) is 0 Å². The molecule has 0 saturated carbocycles. The van der Waals surface area contributed by atoms with E-state index in [1.165, 1.54) is 11.5 Å². The van der Waals surface area contributed by atoms with Gasteiger partial charge < -0.3 is 0 Å². The fourth-order valence-electron chi connectivity index (χ4n) is 1.98. The van der Waals surface area contributed by atoms with Crippen LogP contribution in [0.4, 0.5) is 0 Å². The van der Waals surface area contributed by atoms with Crippen LogP contribution < -0.4 is 0 Å². The molecule has 4 heteroatoms. The number of piperidine rings is 1. The Bertz CT molecular complexity index is 153. The third-order valence-corrected chi connectivity index (χ3v) is 2.68. The number of nitroso groups, excluding NO2 is 1. The number of hydroxylamine groups is 2. The zero-order valence-corrected chi connectivity index (χ0v) is 8.89. The topological polar surface area (TPSA) is 64.1 Å². The van der Waals surface area contributed by atoms with E-state index in [1.807, 2.05) is 27.7 Å². The van der Waals surface area contributed by atoms with Crippen LogP contribution in [-0.4, -0.2) is 16.1 Å². The molecule has 1 N–H and O–H groups in total. The van der Waals surface area contributed by atoms with Crippen molar-refractivity contribution in [2.75, 3.05) is 0 Å². The van der Waals surface area contributed by atoms with E-state index >= 15 is 0 Å². The molecule has 0 atom stereocenters. The van der Waals surface area contributed by atoms with Gasteiger partial charge in [-0.1, -0.05) is 5.59 Å². The van der Waals surface area contributed by atoms with Gasteiger partial charge in [-0.15, -0.1) is 10.3 Å². The lowest BCUT2D eigenvalue weighted by molar-refractivity contribution is -0.286. The molecule has 0 aromatic heterocycles. The highest BCUT2D eigenvalue weighted by molar-refractivity contribution is 4.91. The van der Waals surface area contributed by atoms with Crippen molar-refractivity contribution in [3.63, 3.8) is 0 Å². The molecule has 4 nitrogen and oxygen atoms in total. The summed E-state index contributed by atoms with van der Waals surface area (Å²) >= 11 is 0. The van der Waals surface area contributed by atoms with Gasteiger partial charge in [-0.3, -0.25) is 0 Å². The summed E-state index contributed by atoms with van der Waals surface area (Å²) in [4.78, 5) is 7.50. The number of nitrogens with zero attached hydrogens (tertiary/aromatic N) is 1. The Kier molecular flexibility index (Phi) is 4.00. The Morgan fingerprint density at radius 3 is 1.54 bits per heavy atom. The van der Waals surface area contributed by atoms with Crippen LogP contribution in [0.5, 0.6) is 0 Å². The number of nitrogens with one attached hydrogen (secondary N) is 1. The van der Waals surface area contributed by atoms with Gasteiger partial charge in [0.05, 0.1) is 0 Å². The first-order chi connectivity index (χ1) is 5.86. The molecule has 77 valence electrons. The van der Waals surface area contributed by atoms with Gasteiger partial charge in [0.2, 0.25) is 0 Å². The molecular weight excluding hydrogens is 168 g/mol. The second kappa shape index (κ2) is 4.15. The summed E-state index contributed by atoms with van der Waals surface area (Å²) in [6.07, 6.45) is 3.23. The zero-order valence-electron chi connectivity index (χ0n) is 8.89. The van der Waals surface area contributed by atoms with Gasteiger partial charge >= 0.3 is 0 Å². The highest BCUT2D eigenvalue weighted by Crippen LogP contribution is 2.36. The first-order valence-electron chi connectivity index (χ1n) is 4.54. The van der Waals surface area contributed by atoms with E-state index in [1.54, 1.807) is 0 Å². The number of rotatable bonds is 0. The Labute approximate surface area is 79.7 Å². The van der Waals surface area contributed by atoms with Crippen molar-refractivity contribution >= 4 is 0 Å². The van der Waals surface area contributed by atoms with Gasteiger partial charge in [-0.25, -0.2) is 0 Å². The maximum Gasteiger partial charge on any atom is 0.0443 e. The van der Waals surface area contributed by atoms with Crippen LogP contribution in [0.3, 0.4) is 0 Å². The van der Waals surface area contributed by atoms with Crippen molar-refractivity contribution in [3.05, 3.63) is 4.91 Å². The average molecular weight is 187 g/mol. The van der Waals surface area contributed by atoms with Crippen LogP contribution in [0, 0.1) is 10.5 Å². The Hall–Kier alpha value is -0.480. The molecule has 0 aromatic rings. The SMILES string of the molecule is CC1(C)CCCC(C)(C)N1[O].N=O. The minimum Gasteiger partial charge on any atom is -0.154 e. The monoisotopic (exact) mass is 187 g/mol. The molecule has 1 rings (SSSR count). The van der Waals surface area contributed by atoms with Crippen LogP contribution in [-0.2, 0) is 5.21 Å². The van der Waals surface area contributed by atoms with Crippen molar-refractivity contribution in [2.24, 2.45) is 0 Å². The lowest BCUT2D eigenvalue weighted by Crippen LogP contribution is -2.55. The van der Waals surface area contributed by atoms with Crippen molar-refractivity contribution in [1.82, 2.24) is 5.06 Å². The molecule has 1 fully saturated rings. The van der Waals surface area contributed by atoms with Crippen molar-refractivity contribution in [3.8, 4) is 0 Å². The van der Waals surface area contributed by atoms with E-state index < -0.39 is 0 Å². The lowest BCUT2D eigenvalue weighted by Gasteiger charge is -2.46. The van der Waals surface area contributed by atoms with E-state index in [2.05, 4.69) is 5.59 Å². The average Bonchev–Trinajstić information content (AvgIpc) is 2.04. The fourth-order valence-corrected chi connectivity index (χ4v) is 1.98. The van der Waals surface area contributed by atoms with Gasteiger partial charge in [0.1, 0.15) is 0 Å². The van der Waals surface area contributed by atoms with Crippen molar-refractivity contribution in [1.29, 1.82) is 5.59 Å². The Morgan fingerprint density at radius 1 is 1.00 bits per heavy atom. The molecule has 0 spiro atoms. The molecule has 0 amide bonds. The molecular formula is C9H19N2O2. The maximum atomic E-state index is 11.7. The smallest absolute Gasteiger partial charge is 0.0443 e. The quantitative estimate of drug-likeness (QED) is 0.592. The predicted molar refractivity (Wildman–Crippen MR) is 50.6 cm³/mol. The summed E-state index contributed by atoms with van der Waals surface area (Å²) in [5.41, 5.74) is 4.20. The van der Waals surface area contributed by atoms with Crippen LogP contribution in [0.25, 0.3) is 0 Å². The Balaban J connectivity index is 0.000000671. The minimum atomic E-state index is -0.151. The van der Waals surface area contributed by atoms with Crippen molar-refractivity contribution < 1.29 is 5.21 Å². The van der Waals surface area contributed by atoms with Gasteiger partial charge in [-0.2, -0.15) is 4.91 Å². The molecule has 0 bridgehead atoms. The maximum absolute atomic E-state index is 11.7. The molecule has 1 aliphatic heterocycles. The van der Waals surface area contributed by atoms with Gasteiger partial charge in [0.25, 0.3) is 0 Å². The van der Waals surface area contributed by atoms with E-state index in [-0.39, 0.29) is 11.1 Å². The zero-order chi connectivity index (χ0) is 10.7. The van der Waals surface area contributed by atoms with E-state index in [0.717, 1.165) is 12.8 Å². The summed E-state index contributed by atoms with van der Waals surface area (Å²) in [7, 11) is 0. The summed E-state index contributed by atoms with van der Waals surface area (Å²) in [5, 5.41) is 13.0. The minimum absolute atomic E-state index is 0.151. The number of hydrogen-bond donors (Lipinski definition) is 1. The molecule has 0 unspecified atom stereocenters. The fraction of sp³-hybridized carbons (Fsp3) is 1.00. The van der Waals surface area contributed by atoms with Crippen LogP contribution >= 0.6 is 0 Å². The lowest BCUT2D eigenvalue weighted by atomic mass is 9.82. The van der Waals surface area contributed by atoms with Crippen LogP contribution in [0.1, 0.15) is 47.0 Å². The molecule has 1 aliphatic rings. The largest absolute Gasteiger partial charge is 0.154 e. The third-order valence-electron chi connectivity index (χ3n) is 2.68. The van der Waals surface area contributed by atoms with E-state index in [9.17, 15) is 5.21 Å². The summed E-state index contributed by atoms with van der Waals surface area (Å²) < 4.78 is 0. The predicted octanol–water partition coefficient (Wildman–Crippen LogP) is 2.71. The van der Waals surface area contributed by atoms with Gasteiger partial charge in [-0.05, 0) is 47.0 Å². The molecule has 13 heavy (non-hydrogen) atoms. The standard InChI is InChI=1S/C9H18NO.HNO/c1-8(2)6-5-7-9(3,4)10(8)11;1-2/h5-7H2,1-4H3;1H. The molecule has 1 radical (unpaired) electrons. The first-order valence-corrected chi connectivity index (χ1v) is 4.54. The van der Waals surface area contributed by atoms with E-state index in [4.69, 9.17) is 4.91 Å². The second-order valence-electron chi connectivity index (χ2n) is 4.77. The van der Waals surface area contributed by atoms with Crippen molar-refractivity contribution in [2.45, 2.75) is 58.0 Å². The Morgan fingerprint density at radius 2 is 1.31 bits per heavy atom. The summed E-state index contributed by atoms with van der Waals surface area (Å²) in [5.74, 6) is 0. The molecule has 1 saturated heterocycles. The van der Waals surface area contributed by atoms with Gasteiger partial charge in [0, 0.05) is 11.1 Å². The van der Waals surface area contributed by atoms with Crippen LogP contribution in [0.2, 0.25) is 0 Å². The molecule has 1 heterocycles. The highest BCUT2D eigenvalue weighted by Gasteiger charge is 2.41. The number of hydrogen-bond acceptors (Lipinski definition) is 3. The highest BCUT2D eigenvalue weighted by atomic mass is 16.5. The van der Waals surface area contributed by atoms with Gasteiger partial charge in [0.15, 0.2) is 0 Å².